The van der Waals surface area contributed by atoms with Crippen molar-refractivity contribution in [2.45, 2.75) is 77.4 Å². The molecule has 2 aromatic carbocycles. The van der Waals surface area contributed by atoms with E-state index in [1.54, 1.807) is 31.4 Å². The van der Waals surface area contributed by atoms with E-state index < -0.39 is 6.04 Å². The van der Waals surface area contributed by atoms with Gasteiger partial charge in [-0.3, -0.25) is 19.3 Å². The highest BCUT2D eigenvalue weighted by Gasteiger charge is 2.34. The number of benzene rings is 2. The standard InChI is InChI=1S/C32H43N3O4/c1-22(2)19-29(30(36)21-35-18-8-11-23-9-4-5-10-25(23)20-35)34-32(38)27-12-6-7-13-28(27)33-31(37)24-14-16-26(39-3)17-15-24/h4-5,9-10,14-17,22,27-29H,6-8,11-13,18-21H2,1-3H3,(H,33,37)(H,34,38)/t27-,28+,29+/m1/s1. The van der Waals surface area contributed by atoms with E-state index in [4.69, 9.17) is 4.74 Å². The van der Waals surface area contributed by atoms with Gasteiger partial charge in [-0.15, -0.1) is 0 Å². The minimum atomic E-state index is -0.532. The van der Waals surface area contributed by atoms with Crippen LogP contribution in [0.25, 0.3) is 0 Å². The average Bonchev–Trinajstić information content (AvgIpc) is 3.14. The van der Waals surface area contributed by atoms with Crippen LogP contribution < -0.4 is 15.4 Å². The van der Waals surface area contributed by atoms with Crippen molar-refractivity contribution in [2.24, 2.45) is 11.8 Å². The molecule has 0 radical (unpaired) electrons. The Kier molecular flexibility index (Phi) is 10.2. The zero-order valence-corrected chi connectivity index (χ0v) is 23.6. The monoisotopic (exact) mass is 533 g/mol. The van der Waals surface area contributed by atoms with Crippen molar-refractivity contribution in [3.05, 3.63) is 65.2 Å². The van der Waals surface area contributed by atoms with Gasteiger partial charge in [0.05, 0.1) is 25.6 Å². The Balaban J connectivity index is 1.40. The molecular weight excluding hydrogens is 490 g/mol. The van der Waals surface area contributed by atoms with Crippen molar-refractivity contribution < 1.29 is 19.1 Å². The highest BCUT2D eigenvalue weighted by molar-refractivity contribution is 5.95. The largest absolute Gasteiger partial charge is 0.497 e. The number of carbonyl (C=O) groups is 3. The Labute approximate surface area is 232 Å². The summed E-state index contributed by atoms with van der Waals surface area (Å²) in [6.07, 6.45) is 5.98. The molecule has 0 unspecified atom stereocenters. The van der Waals surface area contributed by atoms with Crippen molar-refractivity contribution >= 4 is 17.6 Å². The molecule has 7 heteroatoms. The van der Waals surface area contributed by atoms with Gasteiger partial charge in [-0.1, -0.05) is 51.0 Å². The third kappa shape index (κ3) is 7.91. The number of nitrogens with one attached hydrogen (secondary N) is 2. The van der Waals surface area contributed by atoms with Gasteiger partial charge in [-0.05, 0) is 80.0 Å². The number of nitrogens with zero attached hydrogens (tertiary/aromatic N) is 1. The molecule has 2 aliphatic rings. The summed E-state index contributed by atoms with van der Waals surface area (Å²) in [5.41, 5.74) is 3.18. The molecule has 1 aliphatic heterocycles. The molecule has 2 N–H and O–H groups in total. The van der Waals surface area contributed by atoms with Crippen LogP contribution >= 0.6 is 0 Å². The van der Waals surface area contributed by atoms with E-state index in [1.807, 2.05) is 0 Å². The number of rotatable bonds is 10. The van der Waals surface area contributed by atoms with Crippen molar-refractivity contribution in [2.75, 3.05) is 20.2 Å². The predicted octanol–water partition coefficient (Wildman–Crippen LogP) is 4.53. The smallest absolute Gasteiger partial charge is 0.251 e. The molecule has 3 atom stereocenters. The van der Waals surface area contributed by atoms with Gasteiger partial charge in [-0.25, -0.2) is 0 Å². The number of ketones is 1. The highest BCUT2D eigenvalue weighted by Crippen LogP contribution is 2.26. The van der Waals surface area contributed by atoms with Gasteiger partial charge in [0.1, 0.15) is 5.75 Å². The maximum Gasteiger partial charge on any atom is 0.251 e. The van der Waals surface area contributed by atoms with E-state index in [1.165, 1.54) is 11.1 Å². The number of carbonyl (C=O) groups excluding carboxylic acids is 3. The number of aryl methyl sites for hydroxylation is 1. The second kappa shape index (κ2) is 13.7. The first kappa shape index (κ1) is 28.8. The SMILES string of the molecule is COc1ccc(C(=O)N[C@H]2CCCC[C@H]2C(=O)N[C@@H](CC(C)C)C(=O)CN2CCCc3ccccc3C2)cc1. The molecule has 0 bridgehead atoms. The third-order valence-electron chi connectivity index (χ3n) is 8.00. The van der Waals surface area contributed by atoms with Crippen LogP contribution in [0, 0.1) is 11.8 Å². The van der Waals surface area contributed by atoms with Gasteiger partial charge in [0, 0.05) is 18.2 Å². The number of fused-ring (bicyclic) bond motifs is 1. The lowest BCUT2D eigenvalue weighted by molar-refractivity contribution is -0.132. The normalized spacial score (nSPS) is 20.4. The van der Waals surface area contributed by atoms with Crippen LogP contribution in [-0.2, 0) is 22.6 Å². The van der Waals surface area contributed by atoms with E-state index >= 15 is 0 Å². The second-order valence-electron chi connectivity index (χ2n) is 11.4. The maximum atomic E-state index is 13.6. The van der Waals surface area contributed by atoms with Gasteiger partial charge in [0.25, 0.3) is 5.91 Å². The number of ether oxygens (including phenoxy) is 1. The number of amides is 2. The summed E-state index contributed by atoms with van der Waals surface area (Å²) in [5.74, 6) is 0.334. The fraction of sp³-hybridized carbons (Fsp3) is 0.531. The minimum Gasteiger partial charge on any atom is -0.497 e. The van der Waals surface area contributed by atoms with Crippen molar-refractivity contribution in [1.82, 2.24) is 15.5 Å². The molecular formula is C32H43N3O4. The van der Waals surface area contributed by atoms with Crippen LogP contribution in [0.5, 0.6) is 5.75 Å². The number of hydrogen-bond donors (Lipinski definition) is 2. The molecule has 1 saturated carbocycles. The van der Waals surface area contributed by atoms with Gasteiger partial charge < -0.3 is 15.4 Å². The fourth-order valence-corrected chi connectivity index (χ4v) is 5.87. The molecule has 7 nitrogen and oxygen atoms in total. The Hall–Kier alpha value is -3.19. The molecule has 1 aliphatic carbocycles. The summed E-state index contributed by atoms with van der Waals surface area (Å²) in [6.45, 7) is 6.10. The molecule has 0 aromatic heterocycles. The first-order valence-corrected chi connectivity index (χ1v) is 14.4. The lowest BCUT2D eigenvalue weighted by atomic mass is 9.83. The molecule has 1 heterocycles. The fourth-order valence-electron chi connectivity index (χ4n) is 5.87. The van der Waals surface area contributed by atoms with Gasteiger partial charge >= 0.3 is 0 Å². The molecule has 1 fully saturated rings. The predicted molar refractivity (Wildman–Crippen MR) is 153 cm³/mol. The van der Waals surface area contributed by atoms with Crippen LogP contribution in [0.15, 0.2) is 48.5 Å². The lowest BCUT2D eigenvalue weighted by Crippen LogP contribution is -2.53. The minimum absolute atomic E-state index is 0.0612. The third-order valence-corrected chi connectivity index (χ3v) is 8.00. The molecule has 0 spiro atoms. The molecule has 2 aromatic rings. The summed E-state index contributed by atoms with van der Waals surface area (Å²) < 4.78 is 5.19. The average molecular weight is 534 g/mol. The Morgan fingerprint density at radius 3 is 2.41 bits per heavy atom. The quantitative estimate of drug-likeness (QED) is 0.469. The number of hydrogen-bond acceptors (Lipinski definition) is 5. The summed E-state index contributed by atoms with van der Waals surface area (Å²) in [4.78, 5) is 42.3. The second-order valence-corrected chi connectivity index (χ2v) is 11.4. The summed E-state index contributed by atoms with van der Waals surface area (Å²) in [5, 5.41) is 6.21. The van der Waals surface area contributed by atoms with Crippen LogP contribution in [0.3, 0.4) is 0 Å². The Bertz CT molecular complexity index is 1130. The molecule has 4 rings (SSSR count). The number of methoxy groups -OCH3 is 1. The van der Waals surface area contributed by atoms with E-state index in [9.17, 15) is 14.4 Å². The zero-order chi connectivity index (χ0) is 27.8. The maximum absolute atomic E-state index is 13.6. The Morgan fingerprint density at radius 2 is 1.69 bits per heavy atom. The van der Waals surface area contributed by atoms with Crippen LogP contribution in [0.1, 0.15) is 73.9 Å². The van der Waals surface area contributed by atoms with Crippen molar-refractivity contribution in [1.29, 1.82) is 0 Å². The van der Waals surface area contributed by atoms with Crippen molar-refractivity contribution in [3.63, 3.8) is 0 Å². The van der Waals surface area contributed by atoms with Crippen molar-refractivity contribution in [3.8, 4) is 5.75 Å². The molecule has 2 amide bonds. The van der Waals surface area contributed by atoms with Crippen LogP contribution in [0.2, 0.25) is 0 Å². The van der Waals surface area contributed by atoms with E-state index in [2.05, 4.69) is 53.6 Å². The molecule has 39 heavy (non-hydrogen) atoms. The van der Waals surface area contributed by atoms with E-state index in [0.717, 1.165) is 45.2 Å². The van der Waals surface area contributed by atoms with Gasteiger partial charge in [0.15, 0.2) is 5.78 Å². The first-order chi connectivity index (χ1) is 18.8. The van der Waals surface area contributed by atoms with E-state index in [-0.39, 0.29) is 35.5 Å². The Morgan fingerprint density at radius 1 is 0.974 bits per heavy atom. The molecule has 0 saturated heterocycles. The molecule has 210 valence electrons. The van der Waals surface area contributed by atoms with Crippen LogP contribution in [0.4, 0.5) is 0 Å². The highest BCUT2D eigenvalue weighted by atomic mass is 16.5. The number of Topliss-reactive ketones (excluding diaryl/α,β-unsaturated/α-hetero) is 1. The summed E-state index contributed by atoms with van der Waals surface area (Å²) in [6, 6.07) is 14.6. The zero-order valence-electron chi connectivity index (χ0n) is 23.6. The topological polar surface area (TPSA) is 87.7 Å². The van der Waals surface area contributed by atoms with Gasteiger partial charge in [-0.2, -0.15) is 0 Å². The first-order valence-electron chi connectivity index (χ1n) is 14.4. The van der Waals surface area contributed by atoms with Crippen LogP contribution in [-0.4, -0.2) is 54.8 Å². The van der Waals surface area contributed by atoms with E-state index in [0.29, 0.717) is 30.7 Å². The van der Waals surface area contributed by atoms with Gasteiger partial charge in [0.2, 0.25) is 5.91 Å². The summed E-state index contributed by atoms with van der Waals surface area (Å²) >= 11 is 0. The lowest BCUT2D eigenvalue weighted by Gasteiger charge is -2.33. The summed E-state index contributed by atoms with van der Waals surface area (Å²) in [7, 11) is 1.59.